The van der Waals surface area contributed by atoms with Crippen LogP contribution >= 0.6 is 11.6 Å². The van der Waals surface area contributed by atoms with Gasteiger partial charge in [0.2, 0.25) is 0 Å². The molecule has 14 heavy (non-hydrogen) atoms. The Labute approximate surface area is 91.9 Å². The number of hydrogen-bond acceptors (Lipinski definition) is 2. The van der Waals surface area contributed by atoms with Crippen LogP contribution in [0.2, 0.25) is 0 Å². The zero-order chi connectivity index (χ0) is 10.5. The molecule has 0 aliphatic rings. The lowest BCUT2D eigenvalue weighted by Gasteiger charge is -2.03. The molecule has 3 heteroatoms. The van der Waals surface area contributed by atoms with Crippen molar-refractivity contribution >= 4 is 11.6 Å². The molecule has 82 valence electrons. The van der Waals surface area contributed by atoms with Crippen molar-refractivity contribution in [2.45, 2.75) is 25.7 Å². The van der Waals surface area contributed by atoms with Gasteiger partial charge in [-0.15, -0.1) is 18.0 Å². The maximum atomic E-state index is 5.55. The number of unbranched alkanes of at least 4 members (excludes halogenated alkanes) is 3. The van der Waals surface area contributed by atoms with Gasteiger partial charge in [0.1, 0.15) is 6.61 Å². The van der Waals surface area contributed by atoms with Crippen LogP contribution in [0.15, 0.2) is 0 Å². The first-order valence-electron chi connectivity index (χ1n) is 5.06. The Balaban J connectivity index is 2.82. The molecule has 0 amide bonds. The van der Waals surface area contributed by atoms with Gasteiger partial charge in [0.15, 0.2) is 0 Å². The molecule has 0 saturated heterocycles. The number of ether oxygens (including phenoxy) is 2. The SMILES string of the molecule is C#CCOCCOCCCCCCCl. The van der Waals surface area contributed by atoms with E-state index in [1.54, 1.807) is 0 Å². The molecule has 0 rings (SSSR count). The van der Waals surface area contributed by atoms with Gasteiger partial charge in [-0.05, 0) is 12.8 Å². The molecule has 0 saturated carbocycles. The molecule has 0 N–H and O–H groups in total. The summed E-state index contributed by atoms with van der Waals surface area (Å²) >= 11 is 5.55. The molecule has 0 fully saturated rings. The molecule has 0 aromatic carbocycles. The second kappa shape index (κ2) is 12.8. The first kappa shape index (κ1) is 13.8. The van der Waals surface area contributed by atoms with E-state index in [1.165, 1.54) is 12.8 Å². The summed E-state index contributed by atoms with van der Waals surface area (Å²) in [6.07, 6.45) is 9.61. The van der Waals surface area contributed by atoms with E-state index in [0.717, 1.165) is 25.3 Å². The summed E-state index contributed by atoms with van der Waals surface area (Å²) < 4.78 is 10.4. The van der Waals surface area contributed by atoms with Crippen LogP contribution in [0, 0.1) is 12.3 Å². The minimum absolute atomic E-state index is 0.374. The maximum absolute atomic E-state index is 5.55. The summed E-state index contributed by atoms with van der Waals surface area (Å²) in [6, 6.07) is 0. The molecule has 0 bridgehead atoms. The quantitative estimate of drug-likeness (QED) is 0.319. The number of hydrogen-bond donors (Lipinski definition) is 0. The van der Waals surface area contributed by atoms with Gasteiger partial charge in [0.25, 0.3) is 0 Å². The number of alkyl halides is 1. The van der Waals surface area contributed by atoms with Crippen molar-refractivity contribution in [1.82, 2.24) is 0 Å². The van der Waals surface area contributed by atoms with Gasteiger partial charge in [0.05, 0.1) is 13.2 Å². The Hall–Kier alpha value is -0.230. The second-order valence-corrected chi connectivity index (χ2v) is 3.35. The van der Waals surface area contributed by atoms with Gasteiger partial charge in [-0.25, -0.2) is 0 Å². The minimum atomic E-state index is 0.374. The number of rotatable bonds is 10. The molecule has 2 nitrogen and oxygen atoms in total. The molecule has 0 aliphatic heterocycles. The van der Waals surface area contributed by atoms with E-state index in [9.17, 15) is 0 Å². The summed E-state index contributed by atoms with van der Waals surface area (Å²) in [7, 11) is 0. The van der Waals surface area contributed by atoms with Crippen molar-refractivity contribution in [1.29, 1.82) is 0 Å². The van der Waals surface area contributed by atoms with E-state index in [0.29, 0.717) is 19.8 Å². The predicted molar refractivity (Wildman–Crippen MR) is 59.7 cm³/mol. The number of halogens is 1. The molecule has 0 atom stereocenters. The van der Waals surface area contributed by atoms with Gasteiger partial charge >= 0.3 is 0 Å². The van der Waals surface area contributed by atoms with Crippen LogP contribution in [-0.4, -0.2) is 32.3 Å². The molecule has 0 aliphatic carbocycles. The Kier molecular flexibility index (Phi) is 12.6. The molecular formula is C11H19ClO2. The highest BCUT2D eigenvalue weighted by Crippen LogP contribution is 2.00. The van der Waals surface area contributed by atoms with Crippen LogP contribution < -0.4 is 0 Å². The summed E-state index contributed by atoms with van der Waals surface area (Å²) in [4.78, 5) is 0. The normalized spacial score (nSPS) is 10.0. The lowest BCUT2D eigenvalue weighted by atomic mass is 10.2. The zero-order valence-electron chi connectivity index (χ0n) is 8.64. The molecular weight excluding hydrogens is 200 g/mol. The van der Waals surface area contributed by atoms with Gasteiger partial charge < -0.3 is 9.47 Å². The Morgan fingerprint density at radius 1 is 0.929 bits per heavy atom. The van der Waals surface area contributed by atoms with Crippen molar-refractivity contribution < 1.29 is 9.47 Å². The lowest BCUT2D eigenvalue weighted by Crippen LogP contribution is -2.05. The van der Waals surface area contributed by atoms with Crippen molar-refractivity contribution in [2.75, 3.05) is 32.3 Å². The molecule has 0 aromatic rings. The third kappa shape index (κ3) is 11.8. The Bertz CT molecular complexity index is 143. The van der Waals surface area contributed by atoms with Crippen molar-refractivity contribution in [2.24, 2.45) is 0 Å². The topological polar surface area (TPSA) is 18.5 Å². The molecule has 0 radical (unpaired) electrons. The largest absolute Gasteiger partial charge is 0.379 e. The van der Waals surface area contributed by atoms with Crippen LogP contribution in [0.3, 0.4) is 0 Å². The smallest absolute Gasteiger partial charge is 0.107 e. The third-order valence-electron chi connectivity index (χ3n) is 1.73. The fourth-order valence-electron chi connectivity index (χ4n) is 1.00. The summed E-state index contributed by atoms with van der Waals surface area (Å²) in [5.74, 6) is 3.17. The molecule has 0 aromatic heterocycles. The van der Waals surface area contributed by atoms with Crippen molar-refractivity contribution in [3.8, 4) is 12.3 Å². The highest BCUT2D eigenvalue weighted by Gasteiger charge is 1.90. The van der Waals surface area contributed by atoms with E-state index in [1.807, 2.05) is 0 Å². The first-order valence-corrected chi connectivity index (χ1v) is 5.60. The monoisotopic (exact) mass is 218 g/mol. The highest BCUT2D eigenvalue weighted by molar-refractivity contribution is 6.17. The van der Waals surface area contributed by atoms with E-state index in [2.05, 4.69) is 5.92 Å². The fourth-order valence-corrected chi connectivity index (χ4v) is 1.19. The summed E-state index contributed by atoms with van der Waals surface area (Å²) in [6.45, 7) is 2.41. The van der Waals surface area contributed by atoms with E-state index in [4.69, 9.17) is 27.5 Å². The van der Waals surface area contributed by atoms with E-state index in [-0.39, 0.29) is 0 Å². The first-order chi connectivity index (χ1) is 6.91. The van der Waals surface area contributed by atoms with Crippen LogP contribution in [-0.2, 0) is 9.47 Å². The van der Waals surface area contributed by atoms with Gasteiger partial charge in [-0.3, -0.25) is 0 Å². The summed E-state index contributed by atoms with van der Waals surface area (Å²) in [5, 5.41) is 0. The minimum Gasteiger partial charge on any atom is -0.379 e. The van der Waals surface area contributed by atoms with Gasteiger partial charge in [-0.2, -0.15) is 0 Å². The second-order valence-electron chi connectivity index (χ2n) is 2.97. The number of terminal acetylenes is 1. The van der Waals surface area contributed by atoms with Crippen LogP contribution in [0.5, 0.6) is 0 Å². The molecule has 0 spiro atoms. The molecule has 0 unspecified atom stereocenters. The summed E-state index contributed by atoms with van der Waals surface area (Å²) in [5.41, 5.74) is 0. The average molecular weight is 219 g/mol. The Morgan fingerprint density at radius 2 is 1.64 bits per heavy atom. The van der Waals surface area contributed by atoms with Crippen LogP contribution in [0.1, 0.15) is 25.7 Å². The van der Waals surface area contributed by atoms with Gasteiger partial charge in [0, 0.05) is 12.5 Å². The van der Waals surface area contributed by atoms with Crippen LogP contribution in [0.4, 0.5) is 0 Å². The van der Waals surface area contributed by atoms with Crippen LogP contribution in [0.25, 0.3) is 0 Å². The predicted octanol–water partition coefficient (Wildman–Crippen LogP) is 2.45. The average Bonchev–Trinajstić information content (AvgIpc) is 2.21. The standard InChI is InChI=1S/C11H19ClO2/c1-2-8-13-10-11-14-9-6-4-3-5-7-12/h1H,3-11H2. The van der Waals surface area contributed by atoms with E-state index >= 15 is 0 Å². The highest BCUT2D eigenvalue weighted by atomic mass is 35.5. The van der Waals surface area contributed by atoms with Crippen molar-refractivity contribution in [3.05, 3.63) is 0 Å². The maximum Gasteiger partial charge on any atom is 0.107 e. The van der Waals surface area contributed by atoms with E-state index < -0.39 is 0 Å². The fraction of sp³-hybridized carbons (Fsp3) is 0.818. The molecule has 0 heterocycles. The van der Waals surface area contributed by atoms with Gasteiger partial charge in [-0.1, -0.05) is 18.8 Å². The lowest BCUT2D eigenvalue weighted by molar-refractivity contribution is 0.0584. The van der Waals surface area contributed by atoms with Crippen molar-refractivity contribution in [3.63, 3.8) is 0 Å². The third-order valence-corrected chi connectivity index (χ3v) is 2.00. The zero-order valence-corrected chi connectivity index (χ0v) is 9.39. The Morgan fingerprint density at radius 3 is 2.36 bits per heavy atom.